The van der Waals surface area contributed by atoms with E-state index in [2.05, 4.69) is 5.32 Å². The highest BCUT2D eigenvalue weighted by Gasteiger charge is 2.36. The molecule has 0 aromatic heterocycles. The summed E-state index contributed by atoms with van der Waals surface area (Å²) in [5, 5.41) is 3.05. The van der Waals surface area contributed by atoms with Gasteiger partial charge in [0.25, 0.3) is 0 Å². The first-order valence-electron chi connectivity index (χ1n) is 7.06. The Balaban J connectivity index is 1.84. The Morgan fingerprint density at radius 3 is 2.53 bits per heavy atom. The van der Waals surface area contributed by atoms with Gasteiger partial charge >= 0.3 is 6.09 Å². The molecule has 2 aliphatic heterocycles. The quantitative estimate of drug-likeness (QED) is 0.807. The molecule has 19 heavy (non-hydrogen) atoms. The molecule has 0 aliphatic carbocycles. The van der Waals surface area contributed by atoms with Crippen LogP contribution in [0.4, 0.5) is 4.79 Å². The van der Waals surface area contributed by atoms with E-state index in [1.54, 1.807) is 4.90 Å². The minimum absolute atomic E-state index is 0.0249. The molecular weight excluding hydrogens is 246 g/mol. The van der Waals surface area contributed by atoms with Crippen LogP contribution in [0.2, 0.25) is 0 Å². The number of likely N-dealkylation sites (tertiary alicyclic amines) is 2. The Hall–Kier alpha value is -1.30. The standard InChI is InChI=1S/C13H23N3O3/c1-3-19-13(18)15-7-4-10(5-8-15)16-9-6-11(14-2)12(16)17/h10-11,14H,3-9H2,1-2H3. The van der Waals surface area contributed by atoms with Crippen molar-refractivity contribution in [1.29, 1.82) is 0 Å². The second-order valence-corrected chi connectivity index (χ2v) is 5.08. The first kappa shape index (κ1) is 14.1. The van der Waals surface area contributed by atoms with Crippen LogP contribution in [-0.2, 0) is 9.53 Å². The first-order valence-corrected chi connectivity index (χ1v) is 7.06. The normalized spacial score (nSPS) is 24.9. The molecule has 1 N–H and O–H groups in total. The molecule has 0 saturated carbocycles. The van der Waals surface area contributed by atoms with E-state index in [1.165, 1.54) is 0 Å². The Bertz CT molecular complexity index is 340. The summed E-state index contributed by atoms with van der Waals surface area (Å²) in [4.78, 5) is 27.4. The second-order valence-electron chi connectivity index (χ2n) is 5.08. The highest BCUT2D eigenvalue weighted by atomic mass is 16.6. The van der Waals surface area contributed by atoms with Gasteiger partial charge < -0.3 is 19.9 Å². The van der Waals surface area contributed by atoms with Gasteiger partial charge in [0.15, 0.2) is 0 Å². The average Bonchev–Trinajstić information content (AvgIpc) is 2.80. The fourth-order valence-corrected chi connectivity index (χ4v) is 2.91. The minimum atomic E-state index is -0.234. The van der Waals surface area contributed by atoms with Gasteiger partial charge in [-0.25, -0.2) is 4.79 Å². The van der Waals surface area contributed by atoms with Crippen LogP contribution in [0.1, 0.15) is 26.2 Å². The zero-order chi connectivity index (χ0) is 13.8. The Morgan fingerprint density at radius 2 is 2.00 bits per heavy atom. The molecule has 0 spiro atoms. The lowest BCUT2D eigenvalue weighted by Gasteiger charge is -2.36. The van der Waals surface area contributed by atoms with Gasteiger partial charge in [0.05, 0.1) is 12.6 Å². The number of hydrogen-bond donors (Lipinski definition) is 1. The predicted molar refractivity (Wildman–Crippen MR) is 70.8 cm³/mol. The molecule has 2 fully saturated rings. The summed E-state index contributed by atoms with van der Waals surface area (Å²) in [5.74, 6) is 0.206. The van der Waals surface area contributed by atoms with Crippen LogP contribution in [0.25, 0.3) is 0 Å². The van der Waals surface area contributed by atoms with E-state index in [0.717, 1.165) is 25.8 Å². The number of nitrogens with zero attached hydrogens (tertiary/aromatic N) is 2. The zero-order valence-corrected chi connectivity index (χ0v) is 11.7. The van der Waals surface area contributed by atoms with Crippen molar-refractivity contribution in [3.63, 3.8) is 0 Å². The monoisotopic (exact) mass is 269 g/mol. The van der Waals surface area contributed by atoms with Crippen molar-refractivity contribution in [2.24, 2.45) is 0 Å². The van der Waals surface area contributed by atoms with Crippen molar-refractivity contribution >= 4 is 12.0 Å². The van der Waals surface area contributed by atoms with E-state index in [9.17, 15) is 9.59 Å². The van der Waals surface area contributed by atoms with Gasteiger partial charge in [0, 0.05) is 25.7 Å². The summed E-state index contributed by atoms with van der Waals surface area (Å²) in [6.45, 7) is 4.40. The molecule has 6 nitrogen and oxygen atoms in total. The highest BCUT2D eigenvalue weighted by Crippen LogP contribution is 2.22. The molecule has 0 radical (unpaired) electrons. The van der Waals surface area contributed by atoms with E-state index >= 15 is 0 Å². The maximum absolute atomic E-state index is 12.1. The lowest BCUT2D eigenvalue weighted by atomic mass is 10.0. The predicted octanol–water partition coefficient (Wildman–Crippen LogP) is 0.428. The molecule has 108 valence electrons. The zero-order valence-electron chi connectivity index (χ0n) is 11.7. The number of nitrogens with one attached hydrogen (secondary N) is 1. The third-order valence-electron chi connectivity index (χ3n) is 4.02. The molecule has 2 rings (SSSR count). The number of hydrogen-bond acceptors (Lipinski definition) is 4. The Labute approximate surface area is 114 Å². The largest absolute Gasteiger partial charge is 0.450 e. The third kappa shape index (κ3) is 3.00. The summed E-state index contributed by atoms with van der Waals surface area (Å²) in [5.41, 5.74) is 0. The smallest absolute Gasteiger partial charge is 0.409 e. The molecule has 0 aromatic carbocycles. The summed E-state index contributed by atoms with van der Waals surface area (Å²) < 4.78 is 4.99. The van der Waals surface area contributed by atoms with Gasteiger partial charge in [-0.05, 0) is 33.2 Å². The van der Waals surface area contributed by atoms with Crippen LogP contribution in [0, 0.1) is 0 Å². The molecular formula is C13H23N3O3. The van der Waals surface area contributed by atoms with Crippen molar-refractivity contribution in [2.45, 2.75) is 38.3 Å². The van der Waals surface area contributed by atoms with Crippen molar-refractivity contribution in [3.8, 4) is 0 Å². The molecule has 1 atom stereocenters. The van der Waals surface area contributed by atoms with E-state index in [-0.39, 0.29) is 24.1 Å². The summed E-state index contributed by atoms with van der Waals surface area (Å²) in [6, 6.07) is 0.250. The van der Waals surface area contributed by atoms with Crippen molar-refractivity contribution in [3.05, 3.63) is 0 Å². The van der Waals surface area contributed by atoms with Gasteiger partial charge in [-0.1, -0.05) is 0 Å². The fourth-order valence-electron chi connectivity index (χ4n) is 2.91. The van der Waals surface area contributed by atoms with E-state index in [0.29, 0.717) is 19.7 Å². The van der Waals surface area contributed by atoms with Crippen LogP contribution in [0.3, 0.4) is 0 Å². The lowest BCUT2D eigenvalue weighted by molar-refractivity contribution is -0.132. The number of amides is 2. The summed E-state index contributed by atoms with van der Waals surface area (Å²) in [6.07, 6.45) is 2.34. The van der Waals surface area contributed by atoms with Crippen LogP contribution in [-0.4, -0.2) is 67.2 Å². The molecule has 1 unspecified atom stereocenters. The fraction of sp³-hybridized carbons (Fsp3) is 0.846. The number of likely N-dealkylation sites (N-methyl/N-ethyl adjacent to an activating group) is 1. The molecule has 2 saturated heterocycles. The van der Waals surface area contributed by atoms with Gasteiger partial charge in [0.1, 0.15) is 0 Å². The van der Waals surface area contributed by atoms with E-state index in [4.69, 9.17) is 4.74 Å². The molecule has 6 heteroatoms. The highest BCUT2D eigenvalue weighted by molar-refractivity contribution is 5.84. The maximum Gasteiger partial charge on any atom is 0.409 e. The summed E-state index contributed by atoms with van der Waals surface area (Å²) in [7, 11) is 1.83. The van der Waals surface area contributed by atoms with Gasteiger partial charge in [0.2, 0.25) is 5.91 Å². The third-order valence-corrected chi connectivity index (χ3v) is 4.02. The van der Waals surface area contributed by atoms with Crippen LogP contribution < -0.4 is 5.32 Å². The van der Waals surface area contributed by atoms with E-state index < -0.39 is 0 Å². The van der Waals surface area contributed by atoms with Crippen LogP contribution in [0.5, 0.6) is 0 Å². The van der Waals surface area contributed by atoms with E-state index in [1.807, 2.05) is 18.9 Å². The minimum Gasteiger partial charge on any atom is -0.450 e. The number of ether oxygens (including phenoxy) is 1. The van der Waals surface area contributed by atoms with Crippen molar-refractivity contribution < 1.29 is 14.3 Å². The van der Waals surface area contributed by atoms with Crippen LogP contribution in [0.15, 0.2) is 0 Å². The Kier molecular flexibility index (Phi) is 4.63. The maximum atomic E-state index is 12.1. The SMILES string of the molecule is CCOC(=O)N1CCC(N2CCC(NC)C2=O)CC1. The summed E-state index contributed by atoms with van der Waals surface area (Å²) >= 11 is 0. The Morgan fingerprint density at radius 1 is 1.32 bits per heavy atom. The molecule has 2 amide bonds. The van der Waals surface area contributed by atoms with Crippen molar-refractivity contribution in [2.75, 3.05) is 33.3 Å². The molecule has 0 aromatic rings. The second kappa shape index (κ2) is 6.23. The number of carbonyl (C=O) groups excluding carboxylic acids is 2. The van der Waals surface area contributed by atoms with Gasteiger partial charge in [-0.2, -0.15) is 0 Å². The molecule has 0 bridgehead atoms. The van der Waals surface area contributed by atoms with Gasteiger partial charge in [-0.15, -0.1) is 0 Å². The number of piperidine rings is 1. The molecule has 2 aliphatic rings. The first-order chi connectivity index (χ1) is 9.17. The van der Waals surface area contributed by atoms with Gasteiger partial charge in [-0.3, -0.25) is 4.79 Å². The topological polar surface area (TPSA) is 61.9 Å². The lowest BCUT2D eigenvalue weighted by Crippen LogP contribution is -2.49. The number of rotatable bonds is 3. The molecule has 2 heterocycles. The van der Waals surface area contributed by atoms with Crippen molar-refractivity contribution in [1.82, 2.24) is 15.1 Å². The van der Waals surface area contributed by atoms with Crippen LogP contribution >= 0.6 is 0 Å². The average molecular weight is 269 g/mol. The number of carbonyl (C=O) groups is 2.